The number of amides is 2. The van der Waals surface area contributed by atoms with E-state index in [4.69, 9.17) is 4.74 Å². The van der Waals surface area contributed by atoms with Crippen LogP contribution in [-0.4, -0.2) is 28.3 Å². The van der Waals surface area contributed by atoms with Crippen molar-refractivity contribution >= 4 is 29.0 Å². The molecule has 0 atom stereocenters. The van der Waals surface area contributed by atoms with E-state index in [0.29, 0.717) is 28.7 Å². The molecular formula is C22H18N2O4S. The number of phenolic OH excluding ortho intramolecular Hbond substituents is 1. The van der Waals surface area contributed by atoms with Gasteiger partial charge in [-0.15, -0.1) is 6.58 Å². The summed E-state index contributed by atoms with van der Waals surface area (Å²) in [5, 5.41) is 19.0. The number of phenols is 1. The van der Waals surface area contributed by atoms with E-state index in [2.05, 4.69) is 12.6 Å². The van der Waals surface area contributed by atoms with Crippen LogP contribution in [0.4, 0.5) is 4.79 Å². The van der Waals surface area contributed by atoms with E-state index >= 15 is 0 Å². The SMILES string of the molecule is C=CCc1cc(/C=C2/SC(=O)N(Cc3ccccc3C#N)C2=O)cc(OC)c1O. The van der Waals surface area contributed by atoms with Crippen LogP contribution in [0.5, 0.6) is 11.5 Å². The highest BCUT2D eigenvalue weighted by Gasteiger charge is 2.35. The minimum Gasteiger partial charge on any atom is -0.504 e. The summed E-state index contributed by atoms with van der Waals surface area (Å²) < 4.78 is 5.20. The molecule has 7 heteroatoms. The molecule has 1 N–H and O–H groups in total. The first-order valence-electron chi connectivity index (χ1n) is 8.72. The van der Waals surface area contributed by atoms with Gasteiger partial charge in [-0.05, 0) is 53.6 Å². The van der Waals surface area contributed by atoms with Gasteiger partial charge in [-0.25, -0.2) is 0 Å². The molecule has 1 saturated heterocycles. The van der Waals surface area contributed by atoms with Gasteiger partial charge in [0.05, 0.1) is 30.2 Å². The molecule has 29 heavy (non-hydrogen) atoms. The van der Waals surface area contributed by atoms with Gasteiger partial charge in [-0.2, -0.15) is 5.26 Å². The van der Waals surface area contributed by atoms with Crippen molar-refractivity contribution < 1.29 is 19.4 Å². The predicted molar refractivity (Wildman–Crippen MR) is 111 cm³/mol. The number of allylic oxidation sites excluding steroid dienone is 1. The van der Waals surface area contributed by atoms with Gasteiger partial charge in [0.25, 0.3) is 11.1 Å². The first kappa shape index (κ1) is 20.2. The van der Waals surface area contributed by atoms with Crippen LogP contribution in [-0.2, 0) is 17.8 Å². The molecule has 146 valence electrons. The molecule has 0 unspecified atom stereocenters. The molecule has 0 radical (unpaired) electrons. The van der Waals surface area contributed by atoms with E-state index in [0.717, 1.165) is 16.7 Å². The van der Waals surface area contributed by atoms with Crippen molar-refractivity contribution in [2.24, 2.45) is 0 Å². The van der Waals surface area contributed by atoms with E-state index in [1.54, 1.807) is 48.6 Å². The van der Waals surface area contributed by atoms with Crippen LogP contribution in [0.1, 0.15) is 22.3 Å². The zero-order valence-corrected chi connectivity index (χ0v) is 16.5. The fraction of sp³-hybridized carbons (Fsp3) is 0.136. The van der Waals surface area contributed by atoms with Crippen molar-refractivity contribution in [1.29, 1.82) is 5.26 Å². The quantitative estimate of drug-likeness (QED) is 0.570. The van der Waals surface area contributed by atoms with Crippen molar-refractivity contribution in [3.8, 4) is 17.6 Å². The highest BCUT2D eigenvalue weighted by atomic mass is 32.2. The van der Waals surface area contributed by atoms with Crippen LogP contribution in [0.25, 0.3) is 6.08 Å². The molecular weight excluding hydrogens is 388 g/mol. The Labute approximate surface area is 172 Å². The van der Waals surface area contributed by atoms with Crippen molar-refractivity contribution in [2.45, 2.75) is 13.0 Å². The van der Waals surface area contributed by atoms with E-state index in [9.17, 15) is 20.0 Å². The number of hydrogen-bond acceptors (Lipinski definition) is 6. The second-order valence-corrected chi connectivity index (χ2v) is 7.25. The zero-order chi connectivity index (χ0) is 21.0. The van der Waals surface area contributed by atoms with Crippen LogP contribution in [0.2, 0.25) is 0 Å². The molecule has 2 amide bonds. The number of carbonyl (C=O) groups is 2. The molecule has 1 fully saturated rings. The second-order valence-electron chi connectivity index (χ2n) is 6.26. The molecule has 0 saturated carbocycles. The number of imide groups is 1. The first-order chi connectivity index (χ1) is 14.0. The van der Waals surface area contributed by atoms with E-state index in [1.807, 2.05) is 0 Å². The van der Waals surface area contributed by atoms with Crippen LogP contribution in [0.3, 0.4) is 0 Å². The van der Waals surface area contributed by atoms with Gasteiger partial charge in [-0.3, -0.25) is 14.5 Å². The average Bonchev–Trinajstić information content (AvgIpc) is 2.98. The number of aromatic hydroxyl groups is 1. The summed E-state index contributed by atoms with van der Waals surface area (Å²) >= 11 is 0.838. The lowest BCUT2D eigenvalue weighted by Gasteiger charge is -2.13. The molecule has 1 aliphatic heterocycles. The Hall–Kier alpha value is -3.50. The number of hydrogen-bond donors (Lipinski definition) is 1. The molecule has 3 rings (SSSR count). The van der Waals surface area contributed by atoms with Gasteiger partial charge in [0.2, 0.25) is 0 Å². The summed E-state index contributed by atoms with van der Waals surface area (Å²) in [5.41, 5.74) is 2.26. The van der Waals surface area contributed by atoms with Crippen LogP contribution in [0.15, 0.2) is 54.0 Å². The van der Waals surface area contributed by atoms with E-state index in [1.165, 1.54) is 7.11 Å². The Bertz CT molecular complexity index is 1070. The minimum atomic E-state index is -0.426. The van der Waals surface area contributed by atoms with Crippen LogP contribution < -0.4 is 4.74 Å². The molecule has 6 nitrogen and oxygen atoms in total. The Morgan fingerprint density at radius 2 is 2.03 bits per heavy atom. The largest absolute Gasteiger partial charge is 0.504 e. The summed E-state index contributed by atoms with van der Waals surface area (Å²) in [6.45, 7) is 3.71. The highest BCUT2D eigenvalue weighted by Crippen LogP contribution is 2.37. The van der Waals surface area contributed by atoms with Crippen molar-refractivity contribution in [3.63, 3.8) is 0 Å². The Morgan fingerprint density at radius 3 is 2.72 bits per heavy atom. The monoisotopic (exact) mass is 406 g/mol. The van der Waals surface area contributed by atoms with Crippen molar-refractivity contribution in [2.75, 3.05) is 7.11 Å². The van der Waals surface area contributed by atoms with Gasteiger partial charge >= 0.3 is 0 Å². The van der Waals surface area contributed by atoms with Gasteiger partial charge in [0.15, 0.2) is 11.5 Å². The van der Waals surface area contributed by atoms with Crippen LogP contribution in [0, 0.1) is 11.3 Å². The molecule has 1 heterocycles. The predicted octanol–water partition coefficient (Wildman–Crippen LogP) is 4.24. The summed E-state index contributed by atoms with van der Waals surface area (Å²) in [6, 6.07) is 12.2. The molecule has 0 bridgehead atoms. The Balaban J connectivity index is 1.91. The van der Waals surface area contributed by atoms with Crippen molar-refractivity contribution in [3.05, 3.63) is 76.2 Å². The summed E-state index contributed by atoms with van der Waals surface area (Å²) in [6.07, 6.45) is 3.67. The lowest BCUT2D eigenvalue weighted by Crippen LogP contribution is -2.27. The smallest absolute Gasteiger partial charge is 0.293 e. The van der Waals surface area contributed by atoms with Gasteiger partial charge in [0, 0.05) is 5.56 Å². The fourth-order valence-electron chi connectivity index (χ4n) is 2.96. The molecule has 2 aromatic rings. The van der Waals surface area contributed by atoms with E-state index < -0.39 is 11.1 Å². The van der Waals surface area contributed by atoms with Gasteiger partial charge < -0.3 is 9.84 Å². The van der Waals surface area contributed by atoms with Crippen molar-refractivity contribution in [1.82, 2.24) is 4.90 Å². The fourth-order valence-corrected chi connectivity index (χ4v) is 3.80. The second kappa shape index (κ2) is 8.67. The number of ether oxygens (including phenoxy) is 1. The zero-order valence-electron chi connectivity index (χ0n) is 15.7. The van der Waals surface area contributed by atoms with Gasteiger partial charge in [-0.1, -0.05) is 24.3 Å². The molecule has 1 aliphatic rings. The van der Waals surface area contributed by atoms with Crippen LogP contribution >= 0.6 is 11.8 Å². The highest BCUT2D eigenvalue weighted by molar-refractivity contribution is 8.18. The number of carbonyl (C=O) groups excluding carboxylic acids is 2. The normalized spacial score (nSPS) is 14.9. The van der Waals surface area contributed by atoms with Gasteiger partial charge in [0.1, 0.15) is 0 Å². The third kappa shape index (κ3) is 4.18. The summed E-state index contributed by atoms with van der Waals surface area (Å²) in [4.78, 5) is 26.6. The average molecular weight is 406 g/mol. The third-order valence-corrected chi connectivity index (χ3v) is 5.31. The molecule has 2 aromatic carbocycles. The minimum absolute atomic E-state index is 0.0192. The Kier molecular flexibility index (Phi) is 6.05. The number of rotatable bonds is 6. The van der Waals surface area contributed by atoms with E-state index in [-0.39, 0.29) is 22.9 Å². The summed E-state index contributed by atoms with van der Waals surface area (Å²) in [7, 11) is 1.44. The summed E-state index contributed by atoms with van der Waals surface area (Å²) in [5.74, 6) is -0.131. The lowest BCUT2D eigenvalue weighted by molar-refractivity contribution is -0.123. The Morgan fingerprint density at radius 1 is 1.28 bits per heavy atom. The first-order valence-corrected chi connectivity index (χ1v) is 9.54. The number of methoxy groups -OCH3 is 1. The maximum atomic E-state index is 12.8. The standard InChI is InChI=1S/C22H18N2O4S/c1-3-6-15-9-14(10-18(28-2)20(15)25)11-19-21(26)24(22(27)29-19)13-17-8-5-4-7-16(17)12-23/h3-5,7-11,25H,1,6,13H2,2H3/b19-11+. The number of thioether (sulfide) groups is 1. The third-order valence-electron chi connectivity index (χ3n) is 4.40. The topological polar surface area (TPSA) is 90.6 Å². The molecule has 0 spiro atoms. The molecule has 0 aromatic heterocycles. The number of nitriles is 1. The lowest BCUT2D eigenvalue weighted by atomic mass is 10.0. The maximum Gasteiger partial charge on any atom is 0.293 e. The number of benzene rings is 2. The maximum absolute atomic E-state index is 12.8. The molecule has 0 aliphatic carbocycles. The number of nitrogens with zero attached hydrogens (tertiary/aromatic N) is 2.